The van der Waals surface area contributed by atoms with Crippen LogP contribution in [-0.4, -0.2) is 15.0 Å². The van der Waals surface area contributed by atoms with Crippen LogP contribution in [0, 0.1) is 11.6 Å². The Morgan fingerprint density at radius 1 is 1.05 bits per heavy atom. The van der Waals surface area contributed by atoms with Crippen molar-refractivity contribution in [1.29, 1.82) is 0 Å². The molecule has 0 saturated carbocycles. The lowest BCUT2D eigenvalue weighted by atomic mass is 10.0. The summed E-state index contributed by atoms with van der Waals surface area (Å²) in [5, 5.41) is 0. The fraction of sp³-hybridized carbons (Fsp3) is 0.200. The molecule has 4 nitrogen and oxygen atoms in total. The molecule has 0 aliphatic carbocycles. The van der Waals surface area contributed by atoms with Gasteiger partial charge in [-0.3, -0.25) is 9.03 Å². The van der Waals surface area contributed by atoms with Crippen molar-refractivity contribution in [2.45, 2.75) is 12.8 Å². The molecule has 0 fully saturated rings. The van der Waals surface area contributed by atoms with Crippen molar-refractivity contribution >= 4 is 21.6 Å². The number of nitrogens with zero attached hydrogens (tertiary/aromatic N) is 1. The number of halogens is 2. The van der Waals surface area contributed by atoms with E-state index >= 15 is 0 Å². The SMILES string of the molecule is O=S(=O)(Nc1ccc(F)c(F)c1)N1CCCc2ccccc21. The van der Waals surface area contributed by atoms with E-state index in [-0.39, 0.29) is 5.69 Å². The van der Waals surface area contributed by atoms with Crippen molar-refractivity contribution in [3.63, 3.8) is 0 Å². The summed E-state index contributed by atoms with van der Waals surface area (Å²) < 4.78 is 54.7. The molecule has 116 valence electrons. The maximum atomic E-state index is 13.2. The van der Waals surface area contributed by atoms with Gasteiger partial charge in [-0.15, -0.1) is 0 Å². The zero-order valence-corrected chi connectivity index (χ0v) is 12.4. The van der Waals surface area contributed by atoms with Crippen LogP contribution in [0.3, 0.4) is 0 Å². The van der Waals surface area contributed by atoms with E-state index in [0.717, 1.165) is 24.1 Å². The smallest absolute Gasteiger partial charge is 0.266 e. The first kappa shape index (κ1) is 14.8. The summed E-state index contributed by atoms with van der Waals surface area (Å²) in [7, 11) is -3.89. The van der Waals surface area contributed by atoms with Crippen LogP contribution in [0.2, 0.25) is 0 Å². The first-order valence-electron chi connectivity index (χ1n) is 6.81. The molecule has 22 heavy (non-hydrogen) atoms. The van der Waals surface area contributed by atoms with Gasteiger partial charge in [-0.05, 0) is 36.6 Å². The Bertz CT molecular complexity index is 809. The molecule has 1 heterocycles. The van der Waals surface area contributed by atoms with Gasteiger partial charge in [0.25, 0.3) is 0 Å². The quantitative estimate of drug-likeness (QED) is 0.943. The van der Waals surface area contributed by atoms with Crippen LogP contribution in [0.4, 0.5) is 20.2 Å². The van der Waals surface area contributed by atoms with Crippen LogP contribution < -0.4 is 9.03 Å². The molecule has 0 bridgehead atoms. The van der Waals surface area contributed by atoms with Gasteiger partial charge in [0.05, 0.1) is 11.4 Å². The number of benzene rings is 2. The van der Waals surface area contributed by atoms with Crippen LogP contribution in [-0.2, 0) is 16.6 Å². The molecule has 0 amide bonds. The molecule has 1 N–H and O–H groups in total. The Balaban J connectivity index is 1.92. The molecule has 0 unspecified atom stereocenters. The van der Waals surface area contributed by atoms with Gasteiger partial charge in [0.2, 0.25) is 0 Å². The van der Waals surface area contributed by atoms with Gasteiger partial charge >= 0.3 is 10.2 Å². The summed E-state index contributed by atoms with van der Waals surface area (Å²) >= 11 is 0. The topological polar surface area (TPSA) is 49.4 Å². The first-order valence-corrected chi connectivity index (χ1v) is 8.25. The lowest BCUT2D eigenvalue weighted by Gasteiger charge is -2.30. The highest BCUT2D eigenvalue weighted by Crippen LogP contribution is 2.29. The van der Waals surface area contributed by atoms with E-state index < -0.39 is 21.8 Å². The van der Waals surface area contributed by atoms with Crippen molar-refractivity contribution in [3.05, 3.63) is 59.7 Å². The van der Waals surface area contributed by atoms with Crippen molar-refractivity contribution < 1.29 is 17.2 Å². The molecule has 1 aliphatic rings. The highest BCUT2D eigenvalue weighted by atomic mass is 32.2. The normalized spacial score (nSPS) is 14.5. The third-order valence-electron chi connectivity index (χ3n) is 3.52. The van der Waals surface area contributed by atoms with Crippen molar-refractivity contribution in [3.8, 4) is 0 Å². The molecular formula is C15H14F2N2O2S. The van der Waals surface area contributed by atoms with E-state index in [2.05, 4.69) is 4.72 Å². The van der Waals surface area contributed by atoms with E-state index in [1.807, 2.05) is 12.1 Å². The number of anilines is 2. The second kappa shape index (κ2) is 5.57. The fourth-order valence-electron chi connectivity index (χ4n) is 2.51. The standard InChI is InChI=1S/C15H14F2N2O2S/c16-13-8-7-12(10-14(13)17)18-22(20,21)19-9-3-5-11-4-1-2-6-15(11)19/h1-2,4,6-8,10,18H,3,5,9H2. The predicted octanol–water partition coefficient (Wildman–Crippen LogP) is 3.07. The lowest BCUT2D eigenvalue weighted by Crippen LogP contribution is -2.39. The Kier molecular flexibility index (Phi) is 3.74. The molecule has 2 aromatic rings. The van der Waals surface area contributed by atoms with E-state index in [0.29, 0.717) is 18.7 Å². The number of rotatable bonds is 3. The third-order valence-corrected chi connectivity index (χ3v) is 4.98. The first-order chi connectivity index (χ1) is 10.5. The van der Waals surface area contributed by atoms with E-state index in [1.54, 1.807) is 12.1 Å². The van der Waals surface area contributed by atoms with Crippen LogP contribution >= 0.6 is 0 Å². The molecule has 3 rings (SSSR count). The highest BCUT2D eigenvalue weighted by molar-refractivity contribution is 7.94. The number of hydrogen-bond acceptors (Lipinski definition) is 2. The highest BCUT2D eigenvalue weighted by Gasteiger charge is 2.27. The van der Waals surface area contributed by atoms with E-state index in [4.69, 9.17) is 0 Å². The number of aryl methyl sites for hydroxylation is 1. The van der Waals surface area contributed by atoms with Gasteiger partial charge in [0, 0.05) is 12.6 Å². The van der Waals surface area contributed by atoms with Crippen LogP contribution in [0.25, 0.3) is 0 Å². The Morgan fingerprint density at radius 3 is 2.59 bits per heavy atom. The fourth-order valence-corrected chi connectivity index (χ4v) is 3.85. The average molecular weight is 324 g/mol. The third kappa shape index (κ3) is 2.76. The minimum Gasteiger partial charge on any atom is -0.266 e. The van der Waals surface area contributed by atoms with Crippen molar-refractivity contribution in [1.82, 2.24) is 0 Å². The molecule has 0 spiro atoms. The zero-order valence-electron chi connectivity index (χ0n) is 11.6. The molecular weight excluding hydrogens is 310 g/mol. The monoisotopic (exact) mass is 324 g/mol. The lowest BCUT2D eigenvalue weighted by molar-refractivity contribution is 0.509. The Labute approximate surface area is 127 Å². The molecule has 0 radical (unpaired) electrons. The Morgan fingerprint density at radius 2 is 1.82 bits per heavy atom. The number of para-hydroxylation sites is 1. The average Bonchev–Trinajstić information content (AvgIpc) is 2.50. The summed E-state index contributed by atoms with van der Waals surface area (Å²) in [6.45, 7) is 0.343. The summed E-state index contributed by atoms with van der Waals surface area (Å²) in [6.07, 6.45) is 1.52. The zero-order chi connectivity index (χ0) is 15.7. The van der Waals surface area contributed by atoms with Gasteiger partial charge in [-0.25, -0.2) is 8.78 Å². The largest absolute Gasteiger partial charge is 0.323 e. The molecule has 7 heteroatoms. The van der Waals surface area contributed by atoms with Crippen LogP contribution in [0.15, 0.2) is 42.5 Å². The maximum absolute atomic E-state index is 13.2. The van der Waals surface area contributed by atoms with Crippen LogP contribution in [0.1, 0.15) is 12.0 Å². The predicted molar refractivity (Wildman–Crippen MR) is 81.0 cm³/mol. The minimum atomic E-state index is -3.89. The van der Waals surface area contributed by atoms with Crippen LogP contribution in [0.5, 0.6) is 0 Å². The maximum Gasteiger partial charge on any atom is 0.323 e. The van der Waals surface area contributed by atoms with Crippen molar-refractivity contribution in [2.75, 3.05) is 15.6 Å². The minimum absolute atomic E-state index is 0.0121. The second-order valence-electron chi connectivity index (χ2n) is 5.04. The van der Waals surface area contributed by atoms with E-state index in [9.17, 15) is 17.2 Å². The molecule has 2 aromatic carbocycles. The number of nitrogens with one attached hydrogen (secondary N) is 1. The van der Waals surface area contributed by atoms with Gasteiger partial charge in [-0.1, -0.05) is 18.2 Å². The van der Waals surface area contributed by atoms with Gasteiger partial charge in [0.15, 0.2) is 11.6 Å². The van der Waals surface area contributed by atoms with Gasteiger partial charge < -0.3 is 0 Å². The molecule has 1 aliphatic heterocycles. The Hall–Kier alpha value is -2.15. The number of fused-ring (bicyclic) bond motifs is 1. The molecule has 0 saturated heterocycles. The second-order valence-corrected chi connectivity index (χ2v) is 6.64. The molecule has 0 atom stereocenters. The van der Waals surface area contributed by atoms with Gasteiger partial charge in [0.1, 0.15) is 0 Å². The number of hydrogen-bond donors (Lipinski definition) is 1. The summed E-state index contributed by atoms with van der Waals surface area (Å²) in [6, 6.07) is 10.1. The summed E-state index contributed by atoms with van der Waals surface area (Å²) in [5.74, 6) is -2.12. The van der Waals surface area contributed by atoms with Crippen molar-refractivity contribution in [2.24, 2.45) is 0 Å². The molecule has 0 aromatic heterocycles. The van der Waals surface area contributed by atoms with E-state index in [1.165, 1.54) is 10.4 Å². The summed E-state index contributed by atoms with van der Waals surface area (Å²) in [5.41, 5.74) is 1.55. The summed E-state index contributed by atoms with van der Waals surface area (Å²) in [4.78, 5) is 0. The van der Waals surface area contributed by atoms with Gasteiger partial charge in [-0.2, -0.15) is 8.42 Å².